The second kappa shape index (κ2) is 3.75. The van der Waals surface area contributed by atoms with Crippen molar-refractivity contribution in [2.75, 3.05) is 13.2 Å². The molecular weight excluding hydrogens is 237 g/mol. The summed E-state index contributed by atoms with van der Waals surface area (Å²) in [4.78, 5) is 0. The number of hydrogen-bond acceptors (Lipinski definition) is 4. The number of phenolic OH excluding ortho intramolecular Hbond substituents is 1. The van der Waals surface area contributed by atoms with E-state index < -0.39 is 17.0 Å². The highest BCUT2D eigenvalue weighted by Gasteiger charge is 2.52. The molecule has 1 unspecified atom stereocenters. The van der Waals surface area contributed by atoms with Gasteiger partial charge in [-0.05, 0) is 19.8 Å². The Morgan fingerprint density at radius 3 is 2.67 bits per heavy atom. The molecule has 1 atom stereocenters. The summed E-state index contributed by atoms with van der Waals surface area (Å²) in [5, 5.41) is 9.68. The van der Waals surface area contributed by atoms with Gasteiger partial charge in [-0.15, -0.1) is 0 Å². The largest absolute Gasteiger partial charge is 0.505 e. The summed E-state index contributed by atoms with van der Waals surface area (Å²) >= 11 is 0. The maximum atomic E-state index is 14.2. The summed E-state index contributed by atoms with van der Waals surface area (Å²) in [6.07, 6.45) is 1.61. The van der Waals surface area contributed by atoms with Gasteiger partial charge >= 0.3 is 0 Å². The molecule has 1 aromatic rings. The van der Waals surface area contributed by atoms with E-state index in [4.69, 9.17) is 15.2 Å². The standard InChI is InChI=1S/C13H16FNO3/c1-7(15)13(2-3-13)10-11(14)8(16)6-9-12(10)18-5-4-17-9/h6-7,16H,2-5,15H2,1H3. The topological polar surface area (TPSA) is 64.7 Å². The van der Waals surface area contributed by atoms with Crippen molar-refractivity contribution in [3.8, 4) is 17.2 Å². The van der Waals surface area contributed by atoms with E-state index in [-0.39, 0.29) is 6.04 Å². The van der Waals surface area contributed by atoms with Crippen molar-refractivity contribution in [1.82, 2.24) is 0 Å². The molecule has 1 heterocycles. The molecule has 1 aliphatic carbocycles. The van der Waals surface area contributed by atoms with E-state index in [1.54, 1.807) is 0 Å². The lowest BCUT2D eigenvalue weighted by atomic mass is 9.87. The van der Waals surface area contributed by atoms with Gasteiger partial charge < -0.3 is 20.3 Å². The van der Waals surface area contributed by atoms with Gasteiger partial charge in [-0.1, -0.05) is 0 Å². The molecule has 1 aliphatic heterocycles. The Morgan fingerprint density at radius 2 is 2.06 bits per heavy atom. The fraction of sp³-hybridized carbons (Fsp3) is 0.538. The van der Waals surface area contributed by atoms with E-state index in [0.717, 1.165) is 12.8 Å². The van der Waals surface area contributed by atoms with E-state index >= 15 is 0 Å². The molecule has 0 spiro atoms. The average Bonchev–Trinajstić information content (AvgIpc) is 3.12. The third kappa shape index (κ3) is 1.47. The van der Waals surface area contributed by atoms with Crippen LogP contribution in [0.5, 0.6) is 17.2 Å². The summed E-state index contributed by atoms with van der Waals surface area (Å²) < 4.78 is 25.2. The predicted molar refractivity (Wildman–Crippen MR) is 63.6 cm³/mol. The van der Waals surface area contributed by atoms with Crippen LogP contribution in [0.2, 0.25) is 0 Å². The molecule has 3 rings (SSSR count). The lowest BCUT2D eigenvalue weighted by Crippen LogP contribution is -2.33. The number of fused-ring (bicyclic) bond motifs is 1. The fourth-order valence-corrected chi connectivity index (χ4v) is 2.66. The number of rotatable bonds is 2. The first-order valence-corrected chi connectivity index (χ1v) is 6.13. The number of halogens is 1. The first-order chi connectivity index (χ1) is 8.56. The van der Waals surface area contributed by atoms with Crippen LogP contribution in [0, 0.1) is 5.82 Å². The molecule has 4 nitrogen and oxygen atoms in total. The van der Waals surface area contributed by atoms with Gasteiger partial charge in [-0.2, -0.15) is 0 Å². The number of phenols is 1. The smallest absolute Gasteiger partial charge is 0.172 e. The van der Waals surface area contributed by atoms with Gasteiger partial charge in [0.1, 0.15) is 13.2 Å². The van der Waals surface area contributed by atoms with Gasteiger partial charge in [0.25, 0.3) is 0 Å². The van der Waals surface area contributed by atoms with Crippen LogP contribution in [0.1, 0.15) is 25.3 Å². The Kier molecular flexibility index (Phi) is 2.41. The molecule has 5 heteroatoms. The van der Waals surface area contributed by atoms with Crippen molar-refractivity contribution in [3.05, 3.63) is 17.4 Å². The summed E-state index contributed by atoms with van der Waals surface area (Å²) in [5.41, 5.74) is 5.93. The molecule has 18 heavy (non-hydrogen) atoms. The van der Waals surface area contributed by atoms with Crippen molar-refractivity contribution in [2.45, 2.75) is 31.2 Å². The fourth-order valence-electron chi connectivity index (χ4n) is 2.66. The second-order valence-corrected chi connectivity index (χ2v) is 5.05. The molecule has 3 N–H and O–H groups in total. The molecule has 98 valence electrons. The van der Waals surface area contributed by atoms with Crippen LogP contribution >= 0.6 is 0 Å². The van der Waals surface area contributed by atoms with Crippen LogP contribution in [0.15, 0.2) is 6.07 Å². The number of hydrogen-bond donors (Lipinski definition) is 2. The van der Waals surface area contributed by atoms with E-state index in [1.165, 1.54) is 6.07 Å². The van der Waals surface area contributed by atoms with Crippen LogP contribution < -0.4 is 15.2 Å². The highest BCUT2D eigenvalue weighted by atomic mass is 19.1. The predicted octanol–water partition coefficient (Wildman–Crippen LogP) is 1.68. The Hall–Kier alpha value is -1.49. The Bertz CT molecular complexity index is 497. The third-order valence-corrected chi connectivity index (χ3v) is 3.91. The van der Waals surface area contributed by atoms with Crippen LogP contribution in [0.4, 0.5) is 4.39 Å². The molecule has 1 fully saturated rings. The molecule has 1 saturated carbocycles. The van der Waals surface area contributed by atoms with Crippen molar-refractivity contribution in [1.29, 1.82) is 0 Å². The van der Waals surface area contributed by atoms with Gasteiger partial charge in [-0.3, -0.25) is 0 Å². The van der Waals surface area contributed by atoms with Gasteiger partial charge in [-0.25, -0.2) is 4.39 Å². The van der Waals surface area contributed by atoms with Crippen molar-refractivity contribution >= 4 is 0 Å². The molecule has 0 aromatic heterocycles. The minimum atomic E-state index is -0.631. The second-order valence-electron chi connectivity index (χ2n) is 5.05. The number of nitrogens with two attached hydrogens (primary N) is 1. The zero-order valence-electron chi connectivity index (χ0n) is 10.2. The Morgan fingerprint density at radius 1 is 1.39 bits per heavy atom. The average molecular weight is 253 g/mol. The molecular formula is C13H16FNO3. The lowest BCUT2D eigenvalue weighted by molar-refractivity contribution is 0.165. The minimum Gasteiger partial charge on any atom is -0.505 e. The van der Waals surface area contributed by atoms with Crippen molar-refractivity contribution in [3.63, 3.8) is 0 Å². The molecule has 0 saturated heterocycles. The Labute approximate surface area is 105 Å². The third-order valence-electron chi connectivity index (χ3n) is 3.91. The maximum absolute atomic E-state index is 14.2. The Balaban J connectivity index is 2.21. The van der Waals surface area contributed by atoms with Gasteiger partial charge in [0.05, 0.1) is 0 Å². The van der Waals surface area contributed by atoms with Crippen LogP contribution in [0.25, 0.3) is 0 Å². The highest BCUT2D eigenvalue weighted by molar-refractivity contribution is 5.58. The highest BCUT2D eigenvalue weighted by Crippen LogP contribution is 2.57. The zero-order valence-corrected chi connectivity index (χ0v) is 10.2. The molecule has 2 aliphatic rings. The van der Waals surface area contributed by atoms with E-state index in [1.807, 2.05) is 6.92 Å². The zero-order chi connectivity index (χ0) is 12.9. The molecule has 0 bridgehead atoms. The first-order valence-electron chi connectivity index (χ1n) is 6.13. The summed E-state index contributed by atoms with van der Waals surface area (Å²) in [7, 11) is 0. The first kappa shape index (κ1) is 11.6. The summed E-state index contributed by atoms with van der Waals surface area (Å²) in [6, 6.07) is 1.08. The van der Waals surface area contributed by atoms with E-state index in [2.05, 4.69) is 0 Å². The molecule has 0 radical (unpaired) electrons. The van der Waals surface area contributed by atoms with Gasteiger partial charge in [0, 0.05) is 23.1 Å². The lowest BCUT2D eigenvalue weighted by Gasteiger charge is -2.28. The quantitative estimate of drug-likeness (QED) is 0.841. The SMILES string of the molecule is CC(N)C1(c2c(F)c(O)cc3c2OCCO3)CC1. The summed E-state index contributed by atoms with van der Waals surface area (Å²) in [5.74, 6) is -0.219. The van der Waals surface area contributed by atoms with Crippen molar-refractivity contribution < 1.29 is 19.0 Å². The van der Waals surface area contributed by atoms with Crippen molar-refractivity contribution in [2.24, 2.45) is 5.73 Å². The maximum Gasteiger partial charge on any atom is 0.172 e. The van der Waals surface area contributed by atoms with Gasteiger partial charge in [0.15, 0.2) is 23.1 Å². The summed E-state index contributed by atoms with van der Waals surface area (Å²) in [6.45, 7) is 2.65. The van der Waals surface area contributed by atoms with Crippen LogP contribution in [0.3, 0.4) is 0 Å². The van der Waals surface area contributed by atoms with Crippen LogP contribution in [-0.2, 0) is 5.41 Å². The van der Waals surface area contributed by atoms with E-state index in [9.17, 15) is 9.50 Å². The number of aromatic hydroxyl groups is 1. The molecule has 0 amide bonds. The van der Waals surface area contributed by atoms with Gasteiger partial charge in [0.2, 0.25) is 0 Å². The normalized spacial score (nSPS) is 21.5. The van der Waals surface area contributed by atoms with Crippen LogP contribution in [-0.4, -0.2) is 24.4 Å². The number of benzene rings is 1. The van der Waals surface area contributed by atoms with E-state index in [0.29, 0.717) is 30.3 Å². The minimum absolute atomic E-state index is 0.191. The number of ether oxygens (including phenoxy) is 2. The monoisotopic (exact) mass is 253 g/mol. The molecule has 1 aromatic carbocycles.